The van der Waals surface area contributed by atoms with E-state index in [0.29, 0.717) is 5.56 Å². The Hall–Kier alpha value is -3.44. The maximum Gasteiger partial charge on any atom is 0.416 e. The molecule has 0 radical (unpaired) electrons. The number of hydrogen-bond acceptors (Lipinski definition) is 1. The summed E-state index contributed by atoms with van der Waals surface area (Å²) in [4.78, 5) is 13.7. The summed E-state index contributed by atoms with van der Waals surface area (Å²) in [5, 5.41) is 4.42. The monoisotopic (exact) mass is 558 g/mol. The molecule has 0 spiro atoms. The van der Waals surface area contributed by atoms with Crippen LogP contribution in [0.3, 0.4) is 0 Å². The Morgan fingerprint density at radius 3 is 2.19 bits per heavy atom. The fourth-order valence-electron chi connectivity index (χ4n) is 5.87. The van der Waals surface area contributed by atoms with E-state index in [4.69, 9.17) is 0 Å². The van der Waals surface area contributed by atoms with Crippen LogP contribution in [0.1, 0.15) is 51.6 Å². The lowest BCUT2D eigenvalue weighted by Gasteiger charge is -2.33. The van der Waals surface area contributed by atoms with E-state index in [-0.39, 0.29) is 18.1 Å². The molecular weight excluding hydrogens is 537 g/mol. The standard InChI is InChI=1S/C32H22BrF3O/c1-18-15-28-25(24-8-3-2-7-23(18)24)13-14-26-30(20-5-4-6-21(16-20)32(34,35)36)29(37)17-27(31(26)28)19-9-11-22(33)12-10-19/h2-16,27,30H,17H2,1H3. The number of rotatable bonds is 2. The van der Waals surface area contributed by atoms with Gasteiger partial charge in [0, 0.05) is 16.8 Å². The first kappa shape index (κ1) is 23.9. The number of alkyl halides is 3. The zero-order valence-electron chi connectivity index (χ0n) is 19.9. The van der Waals surface area contributed by atoms with Crippen molar-refractivity contribution >= 4 is 43.3 Å². The van der Waals surface area contributed by atoms with Crippen molar-refractivity contribution in [1.82, 2.24) is 0 Å². The highest BCUT2D eigenvalue weighted by molar-refractivity contribution is 9.10. The molecule has 2 unspecified atom stereocenters. The molecule has 0 aliphatic heterocycles. The zero-order valence-corrected chi connectivity index (χ0v) is 21.5. The molecule has 0 N–H and O–H groups in total. The van der Waals surface area contributed by atoms with E-state index < -0.39 is 17.7 Å². The van der Waals surface area contributed by atoms with Crippen LogP contribution < -0.4 is 0 Å². The lowest BCUT2D eigenvalue weighted by molar-refractivity contribution is -0.137. The van der Waals surface area contributed by atoms with Gasteiger partial charge >= 0.3 is 6.18 Å². The molecule has 0 bridgehead atoms. The highest BCUT2D eigenvalue weighted by Crippen LogP contribution is 2.48. The van der Waals surface area contributed by atoms with Crippen molar-refractivity contribution in [1.29, 1.82) is 0 Å². The average Bonchev–Trinajstić information content (AvgIpc) is 2.88. The van der Waals surface area contributed by atoms with Gasteiger partial charge in [0.25, 0.3) is 0 Å². The van der Waals surface area contributed by atoms with E-state index in [9.17, 15) is 18.0 Å². The Balaban J connectivity index is 1.66. The first-order valence-corrected chi connectivity index (χ1v) is 12.9. The summed E-state index contributed by atoms with van der Waals surface area (Å²) in [7, 11) is 0. The molecule has 0 fully saturated rings. The number of Topliss-reactive ketones (excluding diaryl/α,β-unsaturated/α-hetero) is 1. The van der Waals surface area contributed by atoms with Crippen LogP contribution in [0.15, 0.2) is 95.5 Å². The molecule has 5 heteroatoms. The summed E-state index contributed by atoms with van der Waals surface area (Å²) < 4.78 is 41.6. The molecule has 0 saturated heterocycles. The number of carbonyl (C=O) groups excluding carboxylic acids is 1. The van der Waals surface area contributed by atoms with Crippen molar-refractivity contribution in [3.05, 3.63) is 129 Å². The molecular formula is C32H22BrF3O. The number of benzene rings is 5. The summed E-state index contributed by atoms with van der Waals surface area (Å²) in [5.74, 6) is -1.02. The van der Waals surface area contributed by atoms with Gasteiger partial charge < -0.3 is 0 Å². The molecule has 6 rings (SSSR count). The van der Waals surface area contributed by atoms with Gasteiger partial charge in [0.1, 0.15) is 5.78 Å². The van der Waals surface area contributed by atoms with Crippen LogP contribution in [-0.2, 0) is 11.0 Å². The third-order valence-electron chi connectivity index (χ3n) is 7.53. The molecule has 1 nitrogen and oxygen atoms in total. The Morgan fingerprint density at radius 2 is 1.46 bits per heavy atom. The number of halogens is 4. The Kier molecular flexibility index (Phi) is 5.72. The second-order valence-electron chi connectivity index (χ2n) is 9.73. The molecule has 0 heterocycles. The van der Waals surface area contributed by atoms with Gasteiger partial charge in [0.15, 0.2) is 0 Å². The van der Waals surface area contributed by atoms with Gasteiger partial charge in [-0.2, -0.15) is 13.2 Å². The maximum absolute atomic E-state index is 13.7. The van der Waals surface area contributed by atoms with Crippen LogP contribution in [0.5, 0.6) is 0 Å². The van der Waals surface area contributed by atoms with Crippen molar-refractivity contribution in [2.24, 2.45) is 0 Å². The van der Waals surface area contributed by atoms with E-state index in [1.54, 1.807) is 6.07 Å². The molecule has 5 aromatic carbocycles. The number of hydrogen-bond donors (Lipinski definition) is 0. The second kappa shape index (κ2) is 8.84. The van der Waals surface area contributed by atoms with E-state index in [2.05, 4.69) is 41.1 Å². The molecule has 184 valence electrons. The highest BCUT2D eigenvalue weighted by Gasteiger charge is 2.38. The fraction of sp³-hybridized carbons (Fsp3) is 0.156. The average molecular weight is 559 g/mol. The lowest BCUT2D eigenvalue weighted by Crippen LogP contribution is -2.26. The largest absolute Gasteiger partial charge is 0.416 e. The lowest BCUT2D eigenvalue weighted by atomic mass is 9.69. The molecule has 2 atom stereocenters. The van der Waals surface area contributed by atoms with Crippen molar-refractivity contribution in [2.45, 2.75) is 31.4 Å². The summed E-state index contributed by atoms with van der Waals surface area (Å²) in [6.45, 7) is 2.08. The van der Waals surface area contributed by atoms with Crippen molar-refractivity contribution < 1.29 is 18.0 Å². The number of aryl methyl sites for hydroxylation is 1. The quantitative estimate of drug-likeness (QED) is 0.197. The van der Waals surface area contributed by atoms with Crippen LogP contribution in [0.4, 0.5) is 13.2 Å². The zero-order chi connectivity index (χ0) is 25.9. The van der Waals surface area contributed by atoms with Crippen LogP contribution in [0, 0.1) is 6.92 Å². The third-order valence-corrected chi connectivity index (χ3v) is 8.06. The van der Waals surface area contributed by atoms with E-state index in [1.807, 2.05) is 48.5 Å². The maximum atomic E-state index is 13.7. The van der Waals surface area contributed by atoms with Gasteiger partial charge in [-0.25, -0.2) is 0 Å². The molecule has 5 aromatic rings. The number of carbonyl (C=O) groups is 1. The summed E-state index contributed by atoms with van der Waals surface area (Å²) >= 11 is 3.49. The Labute approximate surface area is 221 Å². The second-order valence-corrected chi connectivity index (χ2v) is 10.6. The summed E-state index contributed by atoms with van der Waals surface area (Å²) in [5.41, 5.74) is 3.59. The normalized spacial score (nSPS) is 17.8. The van der Waals surface area contributed by atoms with Gasteiger partial charge in [0.05, 0.1) is 11.5 Å². The van der Waals surface area contributed by atoms with Crippen LogP contribution in [0.2, 0.25) is 0 Å². The SMILES string of the molecule is Cc1cc2c3c(ccc2c2ccccc12)C(c1cccc(C(F)(F)F)c1)C(=O)CC3c1ccc(Br)cc1. The first-order chi connectivity index (χ1) is 17.7. The molecule has 1 aliphatic carbocycles. The predicted octanol–water partition coefficient (Wildman–Crippen LogP) is 9.32. The van der Waals surface area contributed by atoms with Gasteiger partial charge in [-0.15, -0.1) is 0 Å². The predicted molar refractivity (Wildman–Crippen MR) is 145 cm³/mol. The van der Waals surface area contributed by atoms with E-state index in [0.717, 1.165) is 60.4 Å². The first-order valence-electron chi connectivity index (χ1n) is 12.1. The molecule has 1 aliphatic rings. The highest BCUT2D eigenvalue weighted by atomic mass is 79.9. The van der Waals surface area contributed by atoms with Crippen LogP contribution in [0.25, 0.3) is 21.5 Å². The van der Waals surface area contributed by atoms with Gasteiger partial charge in [-0.1, -0.05) is 88.7 Å². The van der Waals surface area contributed by atoms with Crippen molar-refractivity contribution in [2.75, 3.05) is 0 Å². The van der Waals surface area contributed by atoms with Crippen molar-refractivity contribution in [3.63, 3.8) is 0 Å². The smallest absolute Gasteiger partial charge is 0.299 e. The topological polar surface area (TPSA) is 17.1 Å². The van der Waals surface area contributed by atoms with Crippen molar-refractivity contribution in [3.8, 4) is 0 Å². The van der Waals surface area contributed by atoms with Gasteiger partial charge in [-0.05, 0) is 74.5 Å². The minimum atomic E-state index is -4.48. The Morgan fingerprint density at radius 1 is 0.757 bits per heavy atom. The van der Waals surface area contributed by atoms with Crippen LogP contribution in [-0.4, -0.2) is 5.78 Å². The molecule has 0 amide bonds. The summed E-state index contributed by atoms with van der Waals surface area (Å²) in [6.07, 6.45) is -4.25. The third kappa shape index (κ3) is 4.06. The molecule has 0 aromatic heterocycles. The van der Waals surface area contributed by atoms with E-state index >= 15 is 0 Å². The Bertz CT molecular complexity index is 1690. The summed E-state index contributed by atoms with van der Waals surface area (Å²) in [6, 6.07) is 27.6. The van der Waals surface area contributed by atoms with Gasteiger partial charge in [0.2, 0.25) is 0 Å². The van der Waals surface area contributed by atoms with Gasteiger partial charge in [-0.3, -0.25) is 4.79 Å². The van der Waals surface area contributed by atoms with E-state index in [1.165, 1.54) is 6.07 Å². The fourth-order valence-corrected chi connectivity index (χ4v) is 6.14. The molecule has 0 saturated carbocycles. The minimum absolute atomic E-state index is 0.0726. The number of fused-ring (bicyclic) bond motifs is 5. The molecule has 37 heavy (non-hydrogen) atoms. The minimum Gasteiger partial charge on any atom is -0.299 e. The number of ketones is 1. The van der Waals surface area contributed by atoms with Crippen LogP contribution >= 0.6 is 15.9 Å².